The van der Waals surface area contributed by atoms with Gasteiger partial charge in [-0.05, 0) is 45.9 Å². The molecule has 7 aromatic carbocycles. The maximum atomic E-state index is 15.0. The normalized spacial score (nSPS) is 11.9. The van der Waals surface area contributed by atoms with E-state index in [1.165, 1.54) is 22.3 Å². The Bertz CT molecular complexity index is 2510. The van der Waals surface area contributed by atoms with Gasteiger partial charge in [-0.1, -0.05) is 176 Å². The number of hydrogen-bond donors (Lipinski definition) is 0. The molecule has 0 N–H and O–H groups in total. The molecule has 1 aromatic heterocycles. The van der Waals surface area contributed by atoms with Crippen LogP contribution in [0.4, 0.5) is 0 Å². The van der Waals surface area contributed by atoms with Gasteiger partial charge < -0.3 is 4.57 Å². The number of benzene rings is 7. The van der Waals surface area contributed by atoms with E-state index in [-0.39, 0.29) is 0 Å². The molecule has 9 rings (SSSR count). The summed E-state index contributed by atoms with van der Waals surface area (Å²) in [5, 5.41) is 2.35. The number of fused-ring (bicyclic) bond motifs is 3. The molecule has 1 aliphatic rings. The van der Waals surface area contributed by atoms with E-state index in [0.717, 1.165) is 50.2 Å². The van der Waals surface area contributed by atoms with Crippen LogP contribution in [0.3, 0.4) is 0 Å². The molecule has 0 saturated heterocycles. The fourth-order valence-corrected chi connectivity index (χ4v) is 9.68. The molecule has 0 aliphatic heterocycles. The summed E-state index contributed by atoms with van der Waals surface area (Å²) in [6.07, 6.45) is 0.884. The minimum absolute atomic E-state index is 0.562. The van der Waals surface area contributed by atoms with Gasteiger partial charge in [-0.15, -0.1) is 0 Å². The van der Waals surface area contributed by atoms with E-state index in [4.69, 9.17) is 15.0 Å². The Hall–Kier alpha value is -6.22. The third kappa shape index (κ3) is 5.70. The molecule has 5 heteroatoms. The Morgan fingerprint density at radius 3 is 1.37 bits per heavy atom. The average molecular weight is 674 g/mol. The topological polar surface area (TPSA) is 55.7 Å². The smallest absolute Gasteiger partial charge is 0.171 e. The number of rotatable bonds is 7. The second-order valence-corrected chi connectivity index (χ2v) is 15.6. The summed E-state index contributed by atoms with van der Waals surface area (Å²) in [5.74, 6) is 1.78. The first-order chi connectivity index (χ1) is 25.1. The lowest BCUT2D eigenvalue weighted by molar-refractivity contribution is 0.592. The van der Waals surface area contributed by atoms with Crippen molar-refractivity contribution in [1.82, 2.24) is 15.0 Å². The summed E-state index contributed by atoms with van der Waals surface area (Å²) in [7, 11) is -3.12. The highest BCUT2D eigenvalue weighted by molar-refractivity contribution is 7.85. The van der Waals surface area contributed by atoms with Crippen molar-refractivity contribution < 1.29 is 4.57 Å². The van der Waals surface area contributed by atoms with Crippen molar-refractivity contribution in [2.24, 2.45) is 0 Å². The van der Waals surface area contributed by atoms with Crippen LogP contribution in [-0.4, -0.2) is 15.0 Å². The first kappa shape index (κ1) is 30.8. The predicted octanol–water partition coefficient (Wildman–Crippen LogP) is 9.75. The van der Waals surface area contributed by atoms with Gasteiger partial charge in [0, 0.05) is 32.6 Å². The molecule has 51 heavy (non-hydrogen) atoms. The first-order valence-electron chi connectivity index (χ1n) is 17.1. The van der Waals surface area contributed by atoms with Crippen molar-refractivity contribution in [3.63, 3.8) is 0 Å². The lowest BCUT2D eigenvalue weighted by atomic mass is 10.0. The molecule has 242 valence electrons. The molecule has 1 heterocycles. The van der Waals surface area contributed by atoms with Crippen LogP contribution in [0, 0.1) is 0 Å². The molecular formula is C46H32N3OP. The first-order valence-corrected chi connectivity index (χ1v) is 18.8. The van der Waals surface area contributed by atoms with Crippen LogP contribution in [0.25, 0.3) is 56.4 Å². The third-order valence-electron chi connectivity index (χ3n) is 9.67. The van der Waals surface area contributed by atoms with E-state index in [0.29, 0.717) is 17.5 Å². The molecule has 0 fully saturated rings. The molecule has 0 atom stereocenters. The molecule has 4 nitrogen and oxygen atoms in total. The summed E-state index contributed by atoms with van der Waals surface area (Å²) >= 11 is 0. The van der Waals surface area contributed by atoms with Crippen molar-refractivity contribution in [3.8, 4) is 56.4 Å². The second kappa shape index (κ2) is 12.9. The molecule has 0 radical (unpaired) electrons. The fourth-order valence-electron chi connectivity index (χ4n) is 7.03. The van der Waals surface area contributed by atoms with Crippen LogP contribution in [0.15, 0.2) is 182 Å². The van der Waals surface area contributed by atoms with Crippen molar-refractivity contribution in [2.45, 2.75) is 6.42 Å². The molecule has 0 saturated carbocycles. The van der Waals surface area contributed by atoms with Gasteiger partial charge in [0.2, 0.25) is 0 Å². The summed E-state index contributed by atoms with van der Waals surface area (Å²) in [6.45, 7) is 0. The zero-order valence-corrected chi connectivity index (χ0v) is 28.6. The van der Waals surface area contributed by atoms with Crippen molar-refractivity contribution in [1.29, 1.82) is 0 Å². The summed E-state index contributed by atoms with van der Waals surface area (Å²) in [5.41, 5.74) is 10.1. The fraction of sp³-hybridized carbons (Fsp3) is 0.0217. The largest absolute Gasteiger partial charge is 0.309 e. The highest BCUT2D eigenvalue weighted by atomic mass is 31.2. The Morgan fingerprint density at radius 1 is 0.353 bits per heavy atom. The lowest BCUT2D eigenvalue weighted by Crippen LogP contribution is -2.24. The maximum Gasteiger partial charge on any atom is 0.171 e. The zero-order valence-electron chi connectivity index (χ0n) is 27.7. The van der Waals surface area contributed by atoms with E-state index in [9.17, 15) is 0 Å². The van der Waals surface area contributed by atoms with Crippen LogP contribution >= 0.6 is 7.14 Å². The van der Waals surface area contributed by atoms with Gasteiger partial charge in [0.1, 0.15) is 0 Å². The van der Waals surface area contributed by atoms with Gasteiger partial charge >= 0.3 is 0 Å². The number of hydrogen-bond acceptors (Lipinski definition) is 4. The number of nitrogens with zero attached hydrogens (tertiary/aromatic N) is 3. The van der Waals surface area contributed by atoms with Gasteiger partial charge in [-0.25, -0.2) is 15.0 Å². The summed E-state index contributed by atoms with van der Waals surface area (Å²) < 4.78 is 15.0. The van der Waals surface area contributed by atoms with Crippen LogP contribution < -0.4 is 15.9 Å². The Labute approximate surface area is 297 Å². The monoisotopic (exact) mass is 673 g/mol. The van der Waals surface area contributed by atoms with Crippen molar-refractivity contribution in [3.05, 3.63) is 193 Å². The minimum atomic E-state index is -3.12. The van der Waals surface area contributed by atoms with Gasteiger partial charge in [-0.3, -0.25) is 0 Å². The molecular weight excluding hydrogens is 642 g/mol. The van der Waals surface area contributed by atoms with E-state index >= 15 is 4.57 Å². The van der Waals surface area contributed by atoms with E-state index in [1.54, 1.807) is 0 Å². The zero-order chi connectivity index (χ0) is 34.2. The van der Waals surface area contributed by atoms with Gasteiger partial charge in [0.25, 0.3) is 0 Å². The quantitative estimate of drug-likeness (QED) is 0.158. The molecule has 0 amide bonds. The Kier molecular flexibility index (Phi) is 7.80. The molecule has 0 unspecified atom stereocenters. The van der Waals surface area contributed by atoms with Gasteiger partial charge in [0.05, 0.1) is 0 Å². The number of aromatic nitrogens is 3. The molecule has 1 aliphatic carbocycles. The minimum Gasteiger partial charge on any atom is -0.309 e. The van der Waals surface area contributed by atoms with Crippen LogP contribution in [-0.2, 0) is 11.0 Å². The average Bonchev–Trinajstić information content (AvgIpc) is 3.59. The lowest BCUT2D eigenvalue weighted by Gasteiger charge is -2.20. The Morgan fingerprint density at radius 2 is 0.765 bits per heavy atom. The van der Waals surface area contributed by atoms with Crippen molar-refractivity contribution >= 4 is 23.1 Å². The van der Waals surface area contributed by atoms with Crippen LogP contribution in [0.2, 0.25) is 0 Å². The predicted molar refractivity (Wildman–Crippen MR) is 209 cm³/mol. The Balaban J connectivity index is 1.14. The van der Waals surface area contributed by atoms with E-state index in [1.807, 2.05) is 103 Å². The van der Waals surface area contributed by atoms with Gasteiger partial charge in [0.15, 0.2) is 24.6 Å². The molecule has 8 aromatic rings. The summed E-state index contributed by atoms with van der Waals surface area (Å²) in [4.78, 5) is 15.1. The standard InChI is InChI=1S/C46H32N3OP/c50-51(39-15-6-2-7-16-39,40-17-8-3-9-18-40)41-27-24-35(25-28-41)45-47-44(34-22-20-33(21-23-34)32-12-4-1-5-13-32)48-46(49-45)37-26-29-43-38(31-37)30-36-14-10-11-19-42(36)43/h1-29,31H,30H2. The third-order valence-corrected chi connectivity index (χ3v) is 12.7. The SMILES string of the molecule is O=P(c1ccccc1)(c1ccccc1)c1ccc(-c2nc(-c3ccc(-c4ccccc4)cc3)nc(-c3ccc4c(c3)Cc3ccccc3-4)n2)cc1. The molecule has 0 bridgehead atoms. The van der Waals surface area contributed by atoms with Gasteiger partial charge in [-0.2, -0.15) is 0 Å². The highest BCUT2D eigenvalue weighted by Gasteiger charge is 2.29. The highest BCUT2D eigenvalue weighted by Crippen LogP contribution is 2.43. The van der Waals surface area contributed by atoms with E-state index < -0.39 is 7.14 Å². The second-order valence-electron chi connectivity index (χ2n) is 12.8. The maximum absolute atomic E-state index is 15.0. The van der Waals surface area contributed by atoms with Crippen molar-refractivity contribution in [2.75, 3.05) is 0 Å². The van der Waals surface area contributed by atoms with E-state index in [2.05, 4.69) is 78.9 Å². The van der Waals surface area contributed by atoms with Crippen LogP contribution in [0.5, 0.6) is 0 Å². The van der Waals surface area contributed by atoms with Crippen LogP contribution in [0.1, 0.15) is 11.1 Å². The summed E-state index contributed by atoms with van der Waals surface area (Å²) in [6, 6.07) is 61.2. The molecule has 0 spiro atoms.